The zero-order chi connectivity index (χ0) is 20.2. The summed E-state index contributed by atoms with van der Waals surface area (Å²) in [4.78, 5) is 25.6. The van der Waals surface area contributed by atoms with Crippen LogP contribution in [0, 0.1) is 0 Å². The monoisotopic (exact) mass is 404 g/mol. The van der Waals surface area contributed by atoms with Gasteiger partial charge < -0.3 is 10.1 Å². The third kappa shape index (κ3) is 4.43. The topological polar surface area (TPSA) is 58.6 Å². The van der Waals surface area contributed by atoms with Crippen molar-refractivity contribution >= 4 is 35.0 Å². The molecule has 3 aromatic carbocycles. The minimum atomic E-state index is -0.131. The fourth-order valence-electron chi connectivity index (χ4n) is 3.21. The molecule has 0 saturated carbocycles. The van der Waals surface area contributed by atoms with Crippen LogP contribution in [0.15, 0.2) is 78.9 Å². The average molecular weight is 404 g/mol. The van der Waals surface area contributed by atoms with Gasteiger partial charge in [-0.2, -0.15) is 0 Å². The lowest BCUT2D eigenvalue weighted by molar-refractivity contribution is -0.116. The van der Waals surface area contributed by atoms with Gasteiger partial charge in [-0.15, -0.1) is 11.8 Å². The fourth-order valence-corrected chi connectivity index (χ4v) is 4.38. The zero-order valence-electron chi connectivity index (χ0n) is 15.9. The number of benzene rings is 3. The Morgan fingerprint density at radius 3 is 2.45 bits per heavy atom. The maximum absolute atomic E-state index is 12.6. The smallest absolute Gasteiger partial charge is 0.238 e. The van der Waals surface area contributed by atoms with Crippen molar-refractivity contribution in [2.75, 3.05) is 16.0 Å². The highest BCUT2D eigenvalue weighted by atomic mass is 32.2. The number of ether oxygens (including phenoxy) is 1. The summed E-state index contributed by atoms with van der Waals surface area (Å²) in [5, 5.41) is 2.61. The van der Waals surface area contributed by atoms with Gasteiger partial charge in [0, 0.05) is 18.3 Å². The van der Waals surface area contributed by atoms with Crippen molar-refractivity contribution in [1.82, 2.24) is 0 Å². The van der Waals surface area contributed by atoms with Crippen LogP contribution in [0.5, 0.6) is 11.5 Å². The van der Waals surface area contributed by atoms with Crippen LogP contribution in [0.25, 0.3) is 0 Å². The molecule has 1 aliphatic heterocycles. The van der Waals surface area contributed by atoms with Crippen molar-refractivity contribution in [2.45, 2.75) is 12.3 Å². The first-order valence-corrected chi connectivity index (χ1v) is 10.3. The van der Waals surface area contributed by atoms with Crippen LogP contribution in [0.1, 0.15) is 17.9 Å². The Morgan fingerprint density at radius 1 is 1.00 bits per heavy atom. The second kappa shape index (κ2) is 8.41. The van der Waals surface area contributed by atoms with E-state index in [1.54, 1.807) is 28.8 Å². The normalized spacial score (nSPS) is 16.0. The summed E-state index contributed by atoms with van der Waals surface area (Å²) >= 11 is 1.59. The average Bonchev–Trinajstić information content (AvgIpc) is 3.11. The van der Waals surface area contributed by atoms with E-state index >= 15 is 0 Å². The van der Waals surface area contributed by atoms with E-state index in [0.717, 1.165) is 22.7 Å². The molecule has 3 aromatic rings. The van der Waals surface area contributed by atoms with Gasteiger partial charge in [-0.25, -0.2) is 0 Å². The number of nitrogens with one attached hydrogen (secondary N) is 1. The Balaban J connectivity index is 1.58. The van der Waals surface area contributed by atoms with Gasteiger partial charge in [0.1, 0.15) is 16.9 Å². The lowest BCUT2D eigenvalue weighted by Gasteiger charge is -2.25. The van der Waals surface area contributed by atoms with Gasteiger partial charge in [0.2, 0.25) is 11.8 Å². The van der Waals surface area contributed by atoms with E-state index in [9.17, 15) is 9.59 Å². The molecular formula is C23H20N2O3S. The number of carbonyl (C=O) groups excluding carboxylic acids is 2. The number of para-hydroxylation sites is 1. The molecule has 6 heteroatoms. The van der Waals surface area contributed by atoms with E-state index in [0.29, 0.717) is 11.4 Å². The number of rotatable bonds is 5. The summed E-state index contributed by atoms with van der Waals surface area (Å²) in [6.07, 6.45) is 0. The lowest BCUT2D eigenvalue weighted by atomic mass is 10.1. The number of carbonyl (C=O) groups is 2. The molecule has 1 N–H and O–H groups in total. The second-order valence-electron chi connectivity index (χ2n) is 6.64. The third-order valence-corrected chi connectivity index (χ3v) is 5.67. The SMILES string of the molecule is CC(=O)Nc1ccc(N2C(=O)CS[C@@H]2c2cccc(Oc3ccccc3)c2)cc1. The van der Waals surface area contributed by atoms with Crippen molar-refractivity contribution in [2.24, 2.45) is 0 Å². The molecule has 5 nitrogen and oxygen atoms in total. The number of amides is 2. The molecule has 1 saturated heterocycles. The maximum atomic E-state index is 12.6. The van der Waals surface area contributed by atoms with Crippen LogP contribution in [-0.2, 0) is 9.59 Å². The van der Waals surface area contributed by atoms with Gasteiger partial charge in [-0.05, 0) is 54.1 Å². The third-order valence-electron chi connectivity index (χ3n) is 4.46. The summed E-state index contributed by atoms with van der Waals surface area (Å²) in [6, 6.07) is 24.8. The van der Waals surface area contributed by atoms with Crippen molar-refractivity contribution in [3.8, 4) is 11.5 Å². The summed E-state index contributed by atoms with van der Waals surface area (Å²) in [5.74, 6) is 1.85. The number of anilines is 2. The molecule has 29 heavy (non-hydrogen) atoms. The lowest BCUT2D eigenvalue weighted by Crippen LogP contribution is -2.27. The molecule has 2 amide bonds. The van der Waals surface area contributed by atoms with Gasteiger partial charge >= 0.3 is 0 Å². The van der Waals surface area contributed by atoms with Crippen LogP contribution in [-0.4, -0.2) is 17.6 Å². The number of hydrogen-bond acceptors (Lipinski definition) is 4. The van der Waals surface area contributed by atoms with Crippen LogP contribution in [0.4, 0.5) is 11.4 Å². The minimum Gasteiger partial charge on any atom is -0.457 e. The Kier molecular flexibility index (Phi) is 5.53. The number of hydrogen-bond donors (Lipinski definition) is 1. The predicted molar refractivity (Wildman–Crippen MR) is 116 cm³/mol. The van der Waals surface area contributed by atoms with Crippen molar-refractivity contribution in [3.05, 3.63) is 84.4 Å². The van der Waals surface area contributed by atoms with Crippen LogP contribution in [0.3, 0.4) is 0 Å². The highest BCUT2D eigenvalue weighted by Crippen LogP contribution is 2.42. The molecule has 1 fully saturated rings. The highest BCUT2D eigenvalue weighted by molar-refractivity contribution is 8.00. The summed E-state index contributed by atoms with van der Waals surface area (Å²) in [7, 11) is 0. The number of nitrogens with zero attached hydrogens (tertiary/aromatic N) is 1. The minimum absolute atomic E-state index is 0.0571. The predicted octanol–water partition coefficient (Wildman–Crippen LogP) is 5.22. The van der Waals surface area contributed by atoms with Crippen molar-refractivity contribution < 1.29 is 14.3 Å². The summed E-state index contributed by atoms with van der Waals surface area (Å²) < 4.78 is 5.95. The molecule has 0 radical (unpaired) electrons. The van der Waals surface area contributed by atoms with E-state index in [1.807, 2.05) is 66.7 Å². The van der Waals surface area contributed by atoms with E-state index in [-0.39, 0.29) is 17.2 Å². The van der Waals surface area contributed by atoms with Crippen LogP contribution < -0.4 is 15.0 Å². The molecule has 146 valence electrons. The fraction of sp³-hybridized carbons (Fsp3) is 0.130. The van der Waals surface area contributed by atoms with Crippen LogP contribution in [0.2, 0.25) is 0 Å². The molecule has 0 spiro atoms. The Labute approximate surface area is 173 Å². The quantitative estimate of drug-likeness (QED) is 0.634. The van der Waals surface area contributed by atoms with Crippen molar-refractivity contribution in [1.29, 1.82) is 0 Å². The molecule has 4 rings (SSSR count). The number of thioether (sulfide) groups is 1. The Hall–Kier alpha value is -3.25. The van der Waals surface area contributed by atoms with Crippen molar-refractivity contribution in [3.63, 3.8) is 0 Å². The molecule has 0 unspecified atom stereocenters. The largest absolute Gasteiger partial charge is 0.457 e. The van der Waals surface area contributed by atoms with Gasteiger partial charge in [0.25, 0.3) is 0 Å². The van der Waals surface area contributed by atoms with E-state index < -0.39 is 0 Å². The van der Waals surface area contributed by atoms with Gasteiger partial charge in [0.05, 0.1) is 5.75 Å². The molecule has 1 atom stereocenters. The van der Waals surface area contributed by atoms with Gasteiger partial charge in [-0.1, -0.05) is 30.3 Å². The van der Waals surface area contributed by atoms with Gasteiger partial charge in [-0.3, -0.25) is 14.5 Å². The van der Waals surface area contributed by atoms with Crippen LogP contribution >= 0.6 is 11.8 Å². The van der Waals surface area contributed by atoms with E-state index in [1.165, 1.54) is 6.92 Å². The molecule has 0 aromatic heterocycles. The Bertz CT molecular complexity index is 1020. The Morgan fingerprint density at radius 2 is 1.72 bits per heavy atom. The van der Waals surface area contributed by atoms with E-state index in [2.05, 4.69) is 5.32 Å². The molecule has 0 bridgehead atoms. The summed E-state index contributed by atoms with van der Waals surface area (Å²) in [6.45, 7) is 1.47. The summed E-state index contributed by atoms with van der Waals surface area (Å²) in [5.41, 5.74) is 2.50. The standard InChI is InChI=1S/C23H20N2O3S/c1-16(26)24-18-10-12-19(13-11-18)25-22(27)15-29-23(25)17-6-5-9-21(14-17)28-20-7-3-2-4-8-20/h2-14,23H,15H2,1H3,(H,24,26)/t23-/m1/s1. The first-order valence-electron chi connectivity index (χ1n) is 9.24. The first-order chi connectivity index (χ1) is 14.1. The van der Waals surface area contributed by atoms with Gasteiger partial charge in [0.15, 0.2) is 0 Å². The maximum Gasteiger partial charge on any atom is 0.238 e. The molecule has 0 aliphatic carbocycles. The highest BCUT2D eigenvalue weighted by Gasteiger charge is 2.34. The molecule has 1 aliphatic rings. The molecule has 1 heterocycles. The molecular weight excluding hydrogens is 384 g/mol. The second-order valence-corrected chi connectivity index (χ2v) is 7.71. The first kappa shape index (κ1) is 19.1. The van der Waals surface area contributed by atoms with E-state index in [4.69, 9.17) is 4.74 Å². The zero-order valence-corrected chi connectivity index (χ0v) is 16.7.